The Hall–Kier alpha value is -2.15. The van der Waals surface area contributed by atoms with Crippen molar-refractivity contribution in [2.45, 2.75) is 6.42 Å². The lowest BCUT2D eigenvalue weighted by Crippen LogP contribution is -2.29. The molecule has 2 aromatic rings. The summed E-state index contributed by atoms with van der Waals surface area (Å²) >= 11 is 3.37. The summed E-state index contributed by atoms with van der Waals surface area (Å²) in [6.45, 7) is 0.733. The number of hydrogen-bond acceptors (Lipinski definition) is 3. The summed E-state index contributed by atoms with van der Waals surface area (Å²) in [5.41, 5.74) is 1.32. The molecule has 1 unspecified atom stereocenters. The van der Waals surface area contributed by atoms with Gasteiger partial charge in [0.1, 0.15) is 0 Å². The number of likely N-dealkylation sites (tertiary alicyclic amines) is 1. The molecule has 0 radical (unpaired) electrons. The van der Waals surface area contributed by atoms with Crippen molar-refractivity contribution in [2.24, 2.45) is 5.92 Å². The van der Waals surface area contributed by atoms with Crippen LogP contribution in [0.3, 0.4) is 0 Å². The highest BCUT2D eigenvalue weighted by Gasteiger charge is 2.31. The quantitative estimate of drug-likeness (QED) is 0.906. The maximum atomic E-state index is 12.4. The molecule has 22 heavy (non-hydrogen) atoms. The maximum Gasteiger partial charge on any atom is 0.308 e. The number of carbonyl (C=O) groups is 2. The van der Waals surface area contributed by atoms with E-state index in [1.807, 2.05) is 24.3 Å². The number of carboxylic acids is 1. The van der Waals surface area contributed by atoms with Crippen molar-refractivity contribution in [3.63, 3.8) is 0 Å². The first-order valence-electron chi connectivity index (χ1n) is 6.87. The van der Waals surface area contributed by atoms with Crippen LogP contribution in [0.4, 0.5) is 0 Å². The Morgan fingerprint density at radius 1 is 1.27 bits per heavy atom. The number of amides is 1. The predicted molar refractivity (Wildman–Crippen MR) is 82.9 cm³/mol. The number of carbonyl (C=O) groups excluding carboxylic acids is 1. The van der Waals surface area contributed by atoms with Crippen LogP contribution >= 0.6 is 15.9 Å². The van der Waals surface area contributed by atoms with E-state index in [1.54, 1.807) is 15.8 Å². The van der Waals surface area contributed by atoms with Gasteiger partial charge in [-0.15, -0.1) is 0 Å². The minimum Gasteiger partial charge on any atom is -0.481 e. The topological polar surface area (TPSA) is 75.4 Å². The number of halogens is 1. The fourth-order valence-electron chi connectivity index (χ4n) is 2.50. The van der Waals surface area contributed by atoms with Crippen molar-refractivity contribution in [1.82, 2.24) is 14.7 Å². The van der Waals surface area contributed by atoms with E-state index < -0.39 is 11.9 Å². The minimum absolute atomic E-state index is 0.174. The van der Waals surface area contributed by atoms with Gasteiger partial charge in [-0.3, -0.25) is 9.59 Å². The van der Waals surface area contributed by atoms with Gasteiger partial charge in [0.2, 0.25) is 0 Å². The zero-order valence-corrected chi connectivity index (χ0v) is 13.2. The molecule has 2 heterocycles. The third kappa shape index (κ3) is 2.89. The molecule has 0 saturated carbocycles. The number of nitrogens with zero attached hydrogens (tertiary/aromatic N) is 3. The Balaban J connectivity index is 1.75. The minimum atomic E-state index is -0.846. The predicted octanol–water partition coefficient (Wildman–Crippen LogP) is 2.18. The summed E-state index contributed by atoms with van der Waals surface area (Å²) in [4.78, 5) is 24.9. The smallest absolute Gasteiger partial charge is 0.308 e. The largest absolute Gasteiger partial charge is 0.481 e. The van der Waals surface area contributed by atoms with Gasteiger partial charge in [0.25, 0.3) is 5.91 Å². The molecule has 1 atom stereocenters. The third-order valence-corrected chi connectivity index (χ3v) is 4.27. The van der Waals surface area contributed by atoms with E-state index in [2.05, 4.69) is 21.0 Å². The van der Waals surface area contributed by atoms with E-state index in [1.165, 1.54) is 6.20 Å². The second-order valence-corrected chi connectivity index (χ2v) is 6.14. The second-order valence-electron chi connectivity index (χ2n) is 5.23. The number of hydrogen-bond donors (Lipinski definition) is 1. The Morgan fingerprint density at radius 3 is 2.64 bits per heavy atom. The van der Waals surface area contributed by atoms with Crippen molar-refractivity contribution in [1.29, 1.82) is 0 Å². The van der Waals surface area contributed by atoms with Gasteiger partial charge < -0.3 is 10.0 Å². The van der Waals surface area contributed by atoms with Crippen LogP contribution in [0.1, 0.15) is 16.8 Å². The highest BCUT2D eigenvalue weighted by Crippen LogP contribution is 2.19. The SMILES string of the molecule is O=C(O)C1CCN(C(=O)c2cnn(-c3ccc(Br)cc3)c2)C1. The highest BCUT2D eigenvalue weighted by molar-refractivity contribution is 9.10. The molecule has 7 heteroatoms. The Bertz CT molecular complexity index is 711. The van der Waals surface area contributed by atoms with Gasteiger partial charge in [-0.2, -0.15) is 5.10 Å². The first kappa shape index (κ1) is 14.8. The highest BCUT2D eigenvalue weighted by atomic mass is 79.9. The van der Waals surface area contributed by atoms with Gasteiger partial charge in [-0.05, 0) is 30.7 Å². The van der Waals surface area contributed by atoms with Crippen LogP contribution in [0, 0.1) is 5.92 Å². The number of carboxylic acid groups (broad SMARTS) is 1. The summed E-state index contributed by atoms with van der Waals surface area (Å²) in [6, 6.07) is 7.58. The van der Waals surface area contributed by atoms with Gasteiger partial charge in [-0.1, -0.05) is 15.9 Å². The number of rotatable bonds is 3. The molecule has 114 valence electrons. The second kappa shape index (κ2) is 5.92. The van der Waals surface area contributed by atoms with Crippen LogP contribution in [0.25, 0.3) is 5.69 Å². The van der Waals surface area contributed by atoms with Crippen LogP contribution < -0.4 is 0 Å². The fourth-order valence-corrected chi connectivity index (χ4v) is 2.76. The van der Waals surface area contributed by atoms with Crippen LogP contribution in [0.5, 0.6) is 0 Å². The molecule has 1 aliphatic heterocycles. The van der Waals surface area contributed by atoms with Crippen LogP contribution in [0.15, 0.2) is 41.1 Å². The number of aliphatic carboxylic acids is 1. The molecular weight excluding hydrogens is 350 g/mol. The molecule has 0 aliphatic carbocycles. The molecule has 1 N–H and O–H groups in total. The average Bonchev–Trinajstić information content (AvgIpc) is 3.17. The van der Waals surface area contributed by atoms with Crippen LogP contribution in [-0.4, -0.2) is 44.8 Å². The van der Waals surface area contributed by atoms with Crippen molar-refractivity contribution in [3.8, 4) is 5.69 Å². The van der Waals surface area contributed by atoms with Crippen LogP contribution in [-0.2, 0) is 4.79 Å². The van der Waals surface area contributed by atoms with E-state index in [-0.39, 0.29) is 12.5 Å². The van der Waals surface area contributed by atoms with Gasteiger partial charge >= 0.3 is 5.97 Å². The van der Waals surface area contributed by atoms with E-state index >= 15 is 0 Å². The molecule has 1 aromatic heterocycles. The van der Waals surface area contributed by atoms with Gasteiger partial charge in [0.15, 0.2) is 0 Å². The van der Waals surface area contributed by atoms with Crippen LogP contribution in [0.2, 0.25) is 0 Å². The summed E-state index contributed by atoms with van der Waals surface area (Å²) < 4.78 is 2.60. The standard InChI is InChI=1S/C15H14BrN3O3/c16-12-1-3-13(4-2-12)19-9-11(7-17-19)14(20)18-6-5-10(8-18)15(21)22/h1-4,7,9-10H,5-6,8H2,(H,21,22). The van der Waals surface area contributed by atoms with E-state index in [4.69, 9.17) is 5.11 Å². The zero-order chi connectivity index (χ0) is 15.7. The maximum absolute atomic E-state index is 12.4. The van der Waals surface area contributed by atoms with E-state index in [0.29, 0.717) is 18.5 Å². The van der Waals surface area contributed by atoms with Gasteiger partial charge in [0, 0.05) is 23.8 Å². The lowest BCUT2D eigenvalue weighted by molar-refractivity contribution is -0.141. The zero-order valence-electron chi connectivity index (χ0n) is 11.6. The first-order chi connectivity index (χ1) is 10.5. The Morgan fingerprint density at radius 2 is 2.00 bits per heavy atom. The fraction of sp³-hybridized carbons (Fsp3) is 0.267. The monoisotopic (exact) mass is 363 g/mol. The molecule has 1 aromatic carbocycles. The molecule has 3 rings (SSSR count). The Labute approximate surface area is 135 Å². The van der Waals surface area contributed by atoms with Gasteiger partial charge in [0.05, 0.1) is 23.4 Å². The third-order valence-electron chi connectivity index (χ3n) is 3.75. The van der Waals surface area contributed by atoms with Crippen molar-refractivity contribution in [2.75, 3.05) is 13.1 Å². The van der Waals surface area contributed by atoms with E-state index in [0.717, 1.165) is 10.2 Å². The normalized spacial score (nSPS) is 17.7. The number of aromatic nitrogens is 2. The molecule has 6 nitrogen and oxygen atoms in total. The van der Waals surface area contributed by atoms with E-state index in [9.17, 15) is 9.59 Å². The van der Waals surface area contributed by atoms with Gasteiger partial charge in [-0.25, -0.2) is 4.68 Å². The molecule has 0 bridgehead atoms. The van der Waals surface area contributed by atoms with Crippen molar-refractivity contribution in [3.05, 3.63) is 46.7 Å². The number of benzene rings is 1. The summed E-state index contributed by atoms with van der Waals surface area (Å²) in [6.07, 6.45) is 3.68. The molecule has 1 fully saturated rings. The lowest BCUT2D eigenvalue weighted by atomic mass is 10.1. The molecule has 1 saturated heterocycles. The summed E-state index contributed by atoms with van der Waals surface area (Å²) in [5.74, 6) is -1.49. The molecule has 0 spiro atoms. The summed E-state index contributed by atoms with van der Waals surface area (Å²) in [7, 11) is 0. The molecule has 1 aliphatic rings. The van der Waals surface area contributed by atoms with Crippen molar-refractivity contribution >= 4 is 27.8 Å². The average molecular weight is 364 g/mol. The Kier molecular flexibility index (Phi) is 3.98. The summed E-state index contributed by atoms with van der Waals surface area (Å²) in [5, 5.41) is 13.2. The molecule has 1 amide bonds. The van der Waals surface area contributed by atoms with Crippen molar-refractivity contribution < 1.29 is 14.7 Å². The lowest BCUT2D eigenvalue weighted by Gasteiger charge is -2.14. The molecular formula is C15H14BrN3O3. The first-order valence-corrected chi connectivity index (χ1v) is 7.66.